The number of para-hydroxylation sites is 1. The first kappa shape index (κ1) is 14.0. The molecule has 0 bridgehead atoms. The normalized spacial score (nSPS) is 14.8. The van der Waals surface area contributed by atoms with Gasteiger partial charge in [0, 0.05) is 23.2 Å². The van der Waals surface area contributed by atoms with Crippen molar-refractivity contribution in [3.05, 3.63) is 42.1 Å². The van der Waals surface area contributed by atoms with E-state index in [1.807, 2.05) is 37.3 Å². The molecule has 0 aliphatic heterocycles. The van der Waals surface area contributed by atoms with E-state index in [1.54, 1.807) is 6.20 Å². The molecule has 1 aromatic carbocycles. The Hall–Kier alpha value is -1.45. The molecular formula is C16H22N2O. The van der Waals surface area contributed by atoms with Gasteiger partial charge in [0.1, 0.15) is 0 Å². The Balaban J connectivity index is 2.17. The van der Waals surface area contributed by atoms with Crippen molar-refractivity contribution < 1.29 is 5.11 Å². The highest BCUT2D eigenvalue weighted by Gasteiger charge is 2.23. The van der Waals surface area contributed by atoms with E-state index in [0.29, 0.717) is 12.5 Å². The molecule has 0 saturated carbocycles. The van der Waals surface area contributed by atoms with Crippen LogP contribution in [0.25, 0.3) is 10.9 Å². The lowest BCUT2D eigenvalue weighted by molar-refractivity contribution is 0.0473. The van der Waals surface area contributed by atoms with Gasteiger partial charge >= 0.3 is 0 Å². The van der Waals surface area contributed by atoms with Crippen molar-refractivity contribution in [3.8, 4) is 0 Å². The van der Waals surface area contributed by atoms with Crippen LogP contribution < -0.4 is 5.32 Å². The number of nitrogens with one attached hydrogen (secondary N) is 1. The van der Waals surface area contributed by atoms with Gasteiger partial charge in [0.05, 0.1) is 11.1 Å². The Kier molecular flexibility index (Phi) is 4.17. The van der Waals surface area contributed by atoms with Crippen molar-refractivity contribution in [2.75, 3.05) is 6.54 Å². The Labute approximate surface area is 114 Å². The van der Waals surface area contributed by atoms with Crippen molar-refractivity contribution in [3.63, 3.8) is 0 Å². The topological polar surface area (TPSA) is 45.1 Å². The van der Waals surface area contributed by atoms with Gasteiger partial charge in [-0.1, -0.05) is 32.0 Å². The van der Waals surface area contributed by atoms with Gasteiger partial charge in [0.25, 0.3) is 0 Å². The summed E-state index contributed by atoms with van der Waals surface area (Å²) in [5.74, 6) is 0. The van der Waals surface area contributed by atoms with E-state index in [9.17, 15) is 5.11 Å². The molecular weight excluding hydrogens is 236 g/mol. The fraction of sp³-hybridized carbons (Fsp3) is 0.438. The van der Waals surface area contributed by atoms with Crippen LogP contribution in [0.1, 0.15) is 32.8 Å². The van der Waals surface area contributed by atoms with Gasteiger partial charge in [-0.2, -0.15) is 0 Å². The summed E-state index contributed by atoms with van der Waals surface area (Å²) in [4.78, 5) is 4.41. The lowest BCUT2D eigenvalue weighted by atomic mass is 9.93. The predicted molar refractivity (Wildman–Crippen MR) is 79.1 cm³/mol. The van der Waals surface area contributed by atoms with Crippen LogP contribution >= 0.6 is 0 Å². The second kappa shape index (κ2) is 5.68. The molecule has 1 atom stereocenters. The lowest BCUT2D eigenvalue weighted by Crippen LogP contribution is -2.31. The van der Waals surface area contributed by atoms with E-state index >= 15 is 0 Å². The van der Waals surface area contributed by atoms with Crippen LogP contribution in [0.3, 0.4) is 0 Å². The minimum atomic E-state index is -0.848. The molecule has 0 amide bonds. The standard InChI is InChI=1S/C16H22N2O/c1-12(2)17-9-8-16(3,19)14-10-13-6-4-5-7-15(13)18-11-14/h4-7,10-12,17,19H,8-9H2,1-3H3. The van der Waals surface area contributed by atoms with Crippen LogP contribution in [0.5, 0.6) is 0 Å². The van der Waals surface area contributed by atoms with Crippen LogP contribution in [-0.2, 0) is 5.60 Å². The molecule has 1 heterocycles. The molecule has 0 spiro atoms. The number of fused-ring (bicyclic) bond motifs is 1. The average molecular weight is 258 g/mol. The summed E-state index contributed by atoms with van der Waals surface area (Å²) < 4.78 is 0. The average Bonchev–Trinajstić information content (AvgIpc) is 2.37. The molecule has 0 aliphatic carbocycles. The number of aromatic nitrogens is 1. The van der Waals surface area contributed by atoms with E-state index in [0.717, 1.165) is 23.0 Å². The van der Waals surface area contributed by atoms with E-state index in [2.05, 4.69) is 24.1 Å². The molecule has 1 aromatic heterocycles. The lowest BCUT2D eigenvalue weighted by Gasteiger charge is -2.24. The van der Waals surface area contributed by atoms with Gasteiger partial charge in [-0.3, -0.25) is 4.98 Å². The fourth-order valence-electron chi connectivity index (χ4n) is 2.11. The highest BCUT2D eigenvalue weighted by molar-refractivity contribution is 5.78. The summed E-state index contributed by atoms with van der Waals surface area (Å²) in [5, 5.41) is 15.0. The number of nitrogens with zero attached hydrogens (tertiary/aromatic N) is 1. The largest absolute Gasteiger partial charge is 0.385 e. The molecule has 0 radical (unpaired) electrons. The quantitative estimate of drug-likeness (QED) is 0.867. The van der Waals surface area contributed by atoms with E-state index in [-0.39, 0.29) is 0 Å². The number of hydrogen-bond donors (Lipinski definition) is 2. The molecule has 1 unspecified atom stereocenters. The number of hydrogen-bond acceptors (Lipinski definition) is 3. The van der Waals surface area contributed by atoms with Crippen LogP contribution in [0.15, 0.2) is 36.5 Å². The van der Waals surface area contributed by atoms with Crippen molar-refractivity contribution >= 4 is 10.9 Å². The third-order valence-corrected chi connectivity index (χ3v) is 3.38. The fourth-order valence-corrected chi connectivity index (χ4v) is 2.11. The zero-order valence-corrected chi connectivity index (χ0v) is 11.9. The second-order valence-corrected chi connectivity index (χ2v) is 5.55. The monoisotopic (exact) mass is 258 g/mol. The molecule has 3 heteroatoms. The van der Waals surface area contributed by atoms with Crippen molar-refractivity contribution in [1.82, 2.24) is 10.3 Å². The minimum Gasteiger partial charge on any atom is -0.385 e. The Morgan fingerprint density at radius 3 is 2.79 bits per heavy atom. The molecule has 102 valence electrons. The number of benzene rings is 1. The van der Waals surface area contributed by atoms with Crippen LogP contribution in [0.2, 0.25) is 0 Å². The van der Waals surface area contributed by atoms with Gasteiger partial charge in [-0.15, -0.1) is 0 Å². The molecule has 0 fully saturated rings. The highest BCUT2D eigenvalue weighted by Crippen LogP contribution is 2.26. The van der Waals surface area contributed by atoms with Gasteiger partial charge in [0.2, 0.25) is 0 Å². The first-order valence-electron chi connectivity index (χ1n) is 6.80. The molecule has 3 nitrogen and oxygen atoms in total. The Morgan fingerprint density at radius 1 is 1.32 bits per heavy atom. The van der Waals surface area contributed by atoms with Gasteiger partial charge in [-0.25, -0.2) is 0 Å². The smallest absolute Gasteiger partial charge is 0.0895 e. The number of aliphatic hydroxyl groups is 1. The van der Waals surface area contributed by atoms with Crippen LogP contribution in [0, 0.1) is 0 Å². The molecule has 2 aromatic rings. The molecule has 0 aliphatic rings. The van der Waals surface area contributed by atoms with E-state index in [4.69, 9.17) is 0 Å². The third kappa shape index (κ3) is 3.52. The molecule has 19 heavy (non-hydrogen) atoms. The molecule has 2 rings (SSSR count). The first-order chi connectivity index (χ1) is 8.99. The zero-order valence-electron chi connectivity index (χ0n) is 11.9. The SMILES string of the molecule is CC(C)NCCC(C)(O)c1cnc2ccccc2c1. The summed E-state index contributed by atoms with van der Waals surface area (Å²) >= 11 is 0. The van der Waals surface area contributed by atoms with Crippen LogP contribution in [-0.4, -0.2) is 22.7 Å². The van der Waals surface area contributed by atoms with E-state index in [1.165, 1.54) is 0 Å². The second-order valence-electron chi connectivity index (χ2n) is 5.55. The summed E-state index contributed by atoms with van der Waals surface area (Å²) in [7, 11) is 0. The summed E-state index contributed by atoms with van der Waals surface area (Å²) in [6, 6.07) is 10.4. The summed E-state index contributed by atoms with van der Waals surface area (Å²) in [6.07, 6.45) is 2.45. The van der Waals surface area contributed by atoms with Crippen molar-refractivity contribution in [1.29, 1.82) is 0 Å². The molecule has 2 N–H and O–H groups in total. The van der Waals surface area contributed by atoms with Gasteiger partial charge < -0.3 is 10.4 Å². The van der Waals surface area contributed by atoms with Crippen molar-refractivity contribution in [2.45, 2.75) is 38.8 Å². The maximum atomic E-state index is 10.6. The zero-order chi connectivity index (χ0) is 13.9. The minimum absolute atomic E-state index is 0.436. The van der Waals surface area contributed by atoms with Gasteiger partial charge in [0.15, 0.2) is 0 Å². The van der Waals surface area contributed by atoms with Gasteiger partial charge in [-0.05, 0) is 32.0 Å². The highest BCUT2D eigenvalue weighted by atomic mass is 16.3. The maximum Gasteiger partial charge on any atom is 0.0895 e. The molecule has 0 saturated heterocycles. The predicted octanol–water partition coefficient (Wildman–Crippen LogP) is 2.83. The number of rotatable bonds is 5. The Morgan fingerprint density at radius 2 is 2.05 bits per heavy atom. The summed E-state index contributed by atoms with van der Waals surface area (Å²) in [6.45, 7) is 6.84. The number of pyridine rings is 1. The first-order valence-corrected chi connectivity index (χ1v) is 6.80. The third-order valence-electron chi connectivity index (χ3n) is 3.38. The van der Waals surface area contributed by atoms with Crippen molar-refractivity contribution in [2.24, 2.45) is 0 Å². The summed E-state index contributed by atoms with van der Waals surface area (Å²) in [5.41, 5.74) is 0.984. The Bertz CT molecular complexity index is 549. The van der Waals surface area contributed by atoms with E-state index < -0.39 is 5.60 Å². The maximum absolute atomic E-state index is 10.6. The van der Waals surface area contributed by atoms with Crippen LogP contribution in [0.4, 0.5) is 0 Å².